The van der Waals surface area contributed by atoms with Gasteiger partial charge in [-0.3, -0.25) is 9.59 Å². The summed E-state index contributed by atoms with van der Waals surface area (Å²) in [5.74, 6) is 0.0381. The largest absolute Gasteiger partial charge is 0.460 e. The standard InChI is InChI=1S/C19H26O4/c20-18(15-22-12-11-16-7-3-1-4-8-16)13-19(21)23-14-17-9-5-2-6-10-17/h2,5-6,9-10,16H,1,3-4,7-8,11-15H2. The maximum atomic E-state index is 11.7. The van der Waals surface area contributed by atoms with E-state index in [1.165, 1.54) is 32.1 Å². The van der Waals surface area contributed by atoms with E-state index in [1.807, 2.05) is 30.3 Å². The molecule has 0 radical (unpaired) electrons. The summed E-state index contributed by atoms with van der Waals surface area (Å²) in [5.41, 5.74) is 0.914. The van der Waals surface area contributed by atoms with E-state index in [-0.39, 0.29) is 25.4 Å². The van der Waals surface area contributed by atoms with E-state index in [0.717, 1.165) is 17.9 Å². The Bertz CT molecular complexity index is 477. The van der Waals surface area contributed by atoms with Crippen molar-refractivity contribution in [1.29, 1.82) is 0 Å². The highest BCUT2D eigenvalue weighted by molar-refractivity contribution is 5.96. The second-order valence-electron chi connectivity index (χ2n) is 6.21. The van der Waals surface area contributed by atoms with Crippen LogP contribution in [0.4, 0.5) is 0 Å². The highest BCUT2D eigenvalue weighted by Crippen LogP contribution is 2.26. The van der Waals surface area contributed by atoms with Gasteiger partial charge in [-0.25, -0.2) is 0 Å². The maximum Gasteiger partial charge on any atom is 0.313 e. The fourth-order valence-electron chi connectivity index (χ4n) is 2.91. The van der Waals surface area contributed by atoms with Gasteiger partial charge >= 0.3 is 5.97 Å². The van der Waals surface area contributed by atoms with Crippen molar-refractivity contribution >= 4 is 11.8 Å². The highest BCUT2D eigenvalue weighted by Gasteiger charge is 2.14. The molecule has 4 heteroatoms. The lowest BCUT2D eigenvalue weighted by Crippen LogP contribution is -2.17. The lowest BCUT2D eigenvalue weighted by Gasteiger charge is -2.21. The van der Waals surface area contributed by atoms with Gasteiger partial charge in [-0.1, -0.05) is 62.4 Å². The molecule has 0 N–H and O–H groups in total. The van der Waals surface area contributed by atoms with Crippen molar-refractivity contribution in [2.45, 2.75) is 51.6 Å². The minimum Gasteiger partial charge on any atom is -0.460 e. The van der Waals surface area contributed by atoms with E-state index in [4.69, 9.17) is 9.47 Å². The molecule has 1 aromatic carbocycles. The fraction of sp³-hybridized carbons (Fsp3) is 0.579. The molecule has 0 heterocycles. The summed E-state index contributed by atoms with van der Waals surface area (Å²) in [7, 11) is 0. The van der Waals surface area contributed by atoms with Crippen molar-refractivity contribution in [3.8, 4) is 0 Å². The van der Waals surface area contributed by atoms with Crippen molar-refractivity contribution in [1.82, 2.24) is 0 Å². The number of Topliss-reactive ketones (excluding diaryl/α,β-unsaturated/α-hetero) is 1. The van der Waals surface area contributed by atoms with Gasteiger partial charge < -0.3 is 9.47 Å². The van der Waals surface area contributed by atoms with Crippen LogP contribution in [-0.4, -0.2) is 25.0 Å². The minimum absolute atomic E-state index is 0.00710. The zero-order valence-corrected chi connectivity index (χ0v) is 13.7. The van der Waals surface area contributed by atoms with Crippen LogP contribution in [0.2, 0.25) is 0 Å². The summed E-state index contributed by atoms with van der Waals surface area (Å²) in [6, 6.07) is 9.43. The molecule has 126 valence electrons. The van der Waals surface area contributed by atoms with Crippen molar-refractivity contribution in [3.05, 3.63) is 35.9 Å². The normalized spacial score (nSPS) is 15.3. The Labute approximate surface area is 138 Å². The fourth-order valence-corrected chi connectivity index (χ4v) is 2.91. The number of rotatable bonds is 9. The lowest BCUT2D eigenvalue weighted by atomic mass is 9.87. The van der Waals surface area contributed by atoms with E-state index in [1.54, 1.807) is 0 Å². The third kappa shape index (κ3) is 7.42. The summed E-state index contributed by atoms with van der Waals surface area (Å²) in [4.78, 5) is 23.3. The first-order valence-corrected chi connectivity index (χ1v) is 8.53. The summed E-state index contributed by atoms with van der Waals surface area (Å²) >= 11 is 0. The Morgan fingerprint density at radius 2 is 1.78 bits per heavy atom. The third-order valence-corrected chi connectivity index (χ3v) is 4.24. The number of hydrogen-bond acceptors (Lipinski definition) is 4. The average molecular weight is 318 g/mol. The van der Waals surface area contributed by atoms with Crippen LogP contribution in [-0.2, 0) is 25.7 Å². The highest BCUT2D eigenvalue weighted by atomic mass is 16.5. The molecule has 0 saturated heterocycles. The van der Waals surface area contributed by atoms with Crippen LogP contribution in [0, 0.1) is 5.92 Å². The quantitative estimate of drug-likeness (QED) is 0.396. The molecule has 0 unspecified atom stereocenters. The lowest BCUT2D eigenvalue weighted by molar-refractivity contribution is -0.148. The number of benzene rings is 1. The summed E-state index contributed by atoms with van der Waals surface area (Å²) in [6.07, 6.45) is 7.35. The second-order valence-corrected chi connectivity index (χ2v) is 6.21. The smallest absolute Gasteiger partial charge is 0.313 e. The third-order valence-electron chi connectivity index (χ3n) is 4.24. The molecule has 1 fully saturated rings. The topological polar surface area (TPSA) is 52.6 Å². The second kappa shape index (κ2) is 10.2. The number of ketones is 1. The first kappa shape index (κ1) is 17.7. The van der Waals surface area contributed by atoms with E-state index in [2.05, 4.69) is 0 Å². The number of carbonyl (C=O) groups is 2. The van der Waals surface area contributed by atoms with Crippen molar-refractivity contribution in [2.24, 2.45) is 5.92 Å². The molecule has 2 rings (SSSR count). The monoisotopic (exact) mass is 318 g/mol. The number of hydrogen-bond donors (Lipinski definition) is 0. The van der Waals surface area contributed by atoms with E-state index < -0.39 is 5.97 Å². The van der Waals surface area contributed by atoms with Crippen LogP contribution in [0.15, 0.2) is 30.3 Å². The van der Waals surface area contributed by atoms with Gasteiger partial charge in [-0.05, 0) is 17.9 Å². The Balaban J connectivity index is 1.52. The molecular weight excluding hydrogens is 292 g/mol. The molecular formula is C19H26O4. The van der Waals surface area contributed by atoms with Gasteiger partial charge in [0, 0.05) is 6.61 Å². The van der Waals surface area contributed by atoms with Crippen LogP contribution >= 0.6 is 0 Å². The molecule has 1 saturated carbocycles. The Morgan fingerprint density at radius 1 is 1.04 bits per heavy atom. The zero-order chi connectivity index (χ0) is 16.3. The first-order valence-electron chi connectivity index (χ1n) is 8.53. The SMILES string of the molecule is O=C(COCCC1CCCCC1)CC(=O)OCc1ccccc1. The Morgan fingerprint density at radius 3 is 2.52 bits per heavy atom. The molecule has 1 aromatic rings. The first-order chi connectivity index (χ1) is 11.2. The van der Waals surface area contributed by atoms with Gasteiger partial charge in [-0.2, -0.15) is 0 Å². The molecule has 0 atom stereocenters. The summed E-state index contributed by atoms with van der Waals surface area (Å²) in [6.45, 7) is 0.818. The van der Waals surface area contributed by atoms with Crippen molar-refractivity contribution in [2.75, 3.05) is 13.2 Å². The van der Waals surface area contributed by atoms with Gasteiger partial charge in [0.2, 0.25) is 0 Å². The van der Waals surface area contributed by atoms with Crippen LogP contribution in [0.3, 0.4) is 0 Å². The predicted octanol–water partition coefficient (Wildman–Crippen LogP) is 3.68. The van der Waals surface area contributed by atoms with Crippen molar-refractivity contribution < 1.29 is 19.1 Å². The van der Waals surface area contributed by atoms with Crippen LogP contribution in [0.5, 0.6) is 0 Å². The maximum absolute atomic E-state index is 11.7. The zero-order valence-electron chi connectivity index (χ0n) is 13.7. The number of ether oxygens (including phenoxy) is 2. The summed E-state index contributed by atoms with van der Waals surface area (Å²) in [5, 5.41) is 0. The molecule has 1 aliphatic rings. The van der Waals surface area contributed by atoms with E-state index >= 15 is 0 Å². The predicted molar refractivity (Wildman–Crippen MR) is 87.9 cm³/mol. The number of esters is 1. The van der Waals surface area contributed by atoms with Gasteiger partial charge in [-0.15, -0.1) is 0 Å². The average Bonchev–Trinajstić information content (AvgIpc) is 2.59. The molecule has 1 aliphatic carbocycles. The van der Waals surface area contributed by atoms with Crippen LogP contribution in [0.25, 0.3) is 0 Å². The minimum atomic E-state index is -0.491. The molecule has 0 bridgehead atoms. The Kier molecular flexibility index (Phi) is 7.81. The molecule has 0 aromatic heterocycles. The van der Waals surface area contributed by atoms with E-state index in [0.29, 0.717) is 6.61 Å². The number of carbonyl (C=O) groups excluding carboxylic acids is 2. The van der Waals surface area contributed by atoms with Gasteiger partial charge in [0.05, 0.1) is 0 Å². The molecule has 4 nitrogen and oxygen atoms in total. The Hall–Kier alpha value is -1.68. The molecule has 0 spiro atoms. The van der Waals surface area contributed by atoms with Gasteiger partial charge in [0.15, 0.2) is 5.78 Å². The van der Waals surface area contributed by atoms with Gasteiger partial charge in [0.1, 0.15) is 19.6 Å². The summed E-state index contributed by atoms with van der Waals surface area (Å²) < 4.78 is 10.5. The van der Waals surface area contributed by atoms with E-state index in [9.17, 15) is 9.59 Å². The van der Waals surface area contributed by atoms with Gasteiger partial charge in [0.25, 0.3) is 0 Å². The molecule has 0 amide bonds. The van der Waals surface area contributed by atoms with Crippen LogP contribution in [0.1, 0.15) is 50.5 Å². The van der Waals surface area contributed by atoms with Crippen molar-refractivity contribution in [3.63, 3.8) is 0 Å². The molecule has 23 heavy (non-hydrogen) atoms. The van der Waals surface area contributed by atoms with Crippen LogP contribution < -0.4 is 0 Å². The molecule has 0 aliphatic heterocycles.